The van der Waals surface area contributed by atoms with Crippen LogP contribution in [0.4, 0.5) is 5.82 Å². The average Bonchev–Trinajstić information content (AvgIpc) is 2.85. The highest BCUT2D eigenvalue weighted by molar-refractivity contribution is 5.45. The highest BCUT2D eigenvalue weighted by Crippen LogP contribution is 2.35. The number of anilines is 1. The van der Waals surface area contributed by atoms with Crippen molar-refractivity contribution in [3.8, 4) is 0 Å². The van der Waals surface area contributed by atoms with Crippen LogP contribution in [0.1, 0.15) is 31.9 Å². The molecule has 2 aromatic heterocycles. The van der Waals surface area contributed by atoms with Crippen LogP contribution in [0, 0.1) is 0 Å². The Morgan fingerprint density at radius 1 is 1.47 bits per heavy atom. The zero-order valence-electron chi connectivity index (χ0n) is 11.4. The van der Waals surface area contributed by atoms with Crippen LogP contribution in [0.5, 0.6) is 0 Å². The number of aromatic nitrogens is 4. The van der Waals surface area contributed by atoms with E-state index in [9.17, 15) is 0 Å². The van der Waals surface area contributed by atoms with Gasteiger partial charge in [-0.1, -0.05) is 6.92 Å². The molecule has 1 saturated carbocycles. The first-order valence-electron chi connectivity index (χ1n) is 6.75. The maximum atomic E-state index is 5.62. The monoisotopic (exact) mass is 261 g/mol. The molecule has 0 unspecified atom stereocenters. The van der Waals surface area contributed by atoms with Gasteiger partial charge < -0.3 is 10.1 Å². The highest BCUT2D eigenvalue weighted by atomic mass is 16.5. The van der Waals surface area contributed by atoms with Crippen LogP contribution < -0.4 is 5.32 Å². The van der Waals surface area contributed by atoms with E-state index in [0.717, 1.165) is 37.3 Å². The fourth-order valence-corrected chi connectivity index (χ4v) is 2.44. The van der Waals surface area contributed by atoms with E-state index in [1.165, 1.54) is 12.7 Å². The van der Waals surface area contributed by atoms with Crippen molar-refractivity contribution >= 4 is 11.6 Å². The zero-order chi connectivity index (χ0) is 13.3. The van der Waals surface area contributed by atoms with Gasteiger partial charge in [-0.3, -0.25) is 0 Å². The Kier molecular flexibility index (Phi) is 3.10. The first-order valence-corrected chi connectivity index (χ1v) is 6.75. The second-order valence-electron chi connectivity index (χ2n) is 5.05. The topological polar surface area (TPSA) is 64.3 Å². The van der Waals surface area contributed by atoms with Crippen molar-refractivity contribution < 1.29 is 4.74 Å². The lowest BCUT2D eigenvalue weighted by molar-refractivity contribution is -0.0601. The Hall–Kier alpha value is -1.69. The summed E-state index contributed by atoms with van der Waals surface area (Å²) in [7, 11) is 1.79. The second-order valence-corrected chi connectivity index (χ2v) is 5.05. The van der Waals surface area contributed by atoms with E-state index in [1.807, 2.05) is 6.07 Å². The fourth-order valence-electron chi connectivity index (χ4n) is 2.44. The van der Waals surface area contributed by atoms with Crippen LogP contribution in [0.2, 0.25) is 0 Å². The Labute approximate surface area is 112 Å². The number of hydrogen-bond acceptors (Lipinski definition) is 5. The summed E-state index contributed by atoms with van der Waals surface area (Å²) in [5, 5.41) is 7.64. The van der Waals surface area contributed by atoms with Gasteiger partial charge in [0.15, 0.2) is 0 Å². The molecule has 0 amide bonds. The molecular weight excluding hydrogens is 242 g/mol. The second kappa shape index (κ2) is 4.77. The van der Waals surface area contributed by atoms with E-state index >= 15 is 0 Å². The molecule has 19 heavy (non-hydrogen) atoms. The quantitative estimate of drug-likeness (QED) is 0.887. The number of nitrogens with one attached hydrogen (secondary N) is 1. The zero-order valence-corrected chi connectivity index (χ0v) is 11.4. The van der Waals surface area contributed by atoms with Crippen LogP contribution in [-0.2, 0) is 11.2 Å². The van der Waals surface area contributed by atoms with Crippen molar-refractivity contribution in [3.05, 3.63) is 18.1 Å². The molecule has 0 bridgehead atoms. The molecule has 1 aliphatic rings. The maximum Gasteiger partial charge on any atom is 0.254 e. The third kappa shape index (κ3) is 2.16. The number of aryl methyl sites for hydroxylation is 1. The summed E-state index contributed by atoms with van der Waals surface area (Å²) >= 11 is 0. The number of rotatable bonds is 5. The Morgan fingerprint density at radius 3 is 2.95 bits per heavy atom. The molecule has 2 heterocycles. The van der Waals surface area contributed by atoms with Crippen molar-refractivity contribution in [3.63, 3.8) is 0 Å². The van der Waals surface area contributed by atoms with Crippen LogP contribution in [-0.4, -0.2) is 38.8 Å². The van der Waals surface area contributed by atoms with E-state index in [0.29, 0.717) is 5.78 Å². The number of nitrogens with zero attached hydrogens (tertiary/aromatic N) is 4. The number of methoxy groups -OCH3 is 1. The van der Waals surface area contributed by atoms with Crippen molar-refractivity contribution in [1.82, 2.24) is 19.6 Å². The molecule has 0 radical (unpaired) electrons. The van der Waals surface area contributed by atoms with Gasteiger partial charge >= 0.3 is 0 Å². The normalized spacial score (nSPS) is 17.4. The van der Waals surface area contributed by atoms with Crippen LogP contribution in [0.25, 0.3) is 5.78 Å². The Bertz CT molecular complexity index is 570. The molecule has 1 N–H and O–H groups in total. The van der Waals surface area contributed by atoms with Crippen LogP contribution in [0.3, 0.4) is 0 Å². The molecule has 0 aliphatic heterocycles. The smallest absolute Gasteiger partial charge is 0.254 e. The van der Waals surface area contributed by atoms with Gasteiger partial charge in [-0.15, -0.1) is 0 Å². The SMILES string of the molecule is CCc1cc(NCC2(OC)CCC2)n2ncnc2n1. The first-order chi connectivity index (χ1) is 9.26. The summed E-state index contributed by atoms with van der Waals surface area (Å²) < 4.78 is 7.36. The van der Waals surface area contributed by atoms with Crippen LogP contribution in [0.15, 0.2) is 12.4 Å². The third-order valence-electron chi connectivity index (χ3n) is 3.96. The van der Waals surface area contributed by atoms with Crippen molar-refractivity contribution in [2.24, 2.45) is 0 Å². The average molecular weight is 261 g/mol. The number of fused-ring (bicyclic) bond motifs is 1. The minimum absolute atomic E-state index is 0.0114. The maximum absolute atomic E-state index is 5.62. The summed E-state index contributed by atoms with van der Waals surface area (Å²) in [4.78, 5) is 8.59. The predicted molar refractivity (Wildman–Crippen MR) is 72.2 cm³/mol. The van der Waals surface area contributed by atoms with Gasteiger partial charge in [0, 0.05) is 25.4 Å². The van der Waals surface area contributed by atoms with E-state index in [-0.39, 0.29) is 5.60 Å². The standard InChI is InChI=1S/C13H19N5O/c1-3-10-7-11(18-12(17-10)15-9-16-18)14-8-13(19-2)5-4-6-13/h7,9,14H,3-6,8H2,1-2H3. The van der Waals surface area contributed by atoms with Crippen LogP contribution >= 0.6 is 0 Å². The van der Waals surface area contributed by atoms with Crippen molar-refractivity contribution in [2.75, 3.05) is 19.0 Å². The van der Waals surface area contributed by atoms with Gasteiger partial charge in [0.2, 0.25) is 0 Å². The molecule has 1 fully saturated rings. The molecule has 1 aliphatic carbocycles. The fraction of sp³-hybridized carbons (Fsp3) is 0.615. The lowest BCUT2D eigenvalue weighted by Crippen LogP contribution is -2.45. The molecule has 102 valence electrons. The number of ether oxygens (including phenoxy) is 1. The third-order valence-corrected chi connectivity index (χ3v) is 3.96. The lowest BCUT2D eigenvalue weighted by atomic mass is 9.80. The van der Waals surface area contributed by atoms with Gasteiger partial charge in [-0.05, 0) is 25.7 Å². The molecule has 6 nitrogen and oxygen atoms in total. The number of hydrogen-bond donors (Lipinski definition) is 1. The van der Waals surface area contributed by atoms with E-state index in [2.05, 4.69) is 27.3 Å². The summed E-state index contributed by atoms with van der Waals surface area (Å²) in [5.41, 5.74) is 1.01. The Balaban J connectivity index is 1.85. The van der Waals surface area contributed by atoms with E-state index in [4.69, 9.17) is 4.74 Å². The molecule has 0 atom stereocenters. The van der Waals surface area contributed by atoms with Crippen molar-refractivity contribution in [1.29, 1.82) is 0 Å². The van der Waals surface area contributed by atoms with Crippen molar-refractivity contribution in [2.45, 2.75) is 38.2 Å². The van der Waals surface area contributed by atoms with Gasteiger partial charge in [0.05, 0.1) is 5.60 Å². The van der Waals surface area contributed by atoms with E-state index < -0.39 is 0 Å². The molecule has 6 heteroatoms. The van der Waals surface area contributed by atoms with Gasteiger partial charge in [0.25, 0.3) is 5.78 Å². The lowest BCUT2D eigenvalue weighted by Gasteiger charge is -2.40. The molecule has 0 saturated heterocycles. The predicted octanol–water partition coefficient (Wildman–Crippen LogP) is 1.67. The minimum atomic E-state index is -0.0114. The summed E-state index contributed by atoms with van der Waals surface area (Å²) in [5.74, 6) is 1.57. The molecule has 0 aromatic carbocycles. The summed E-state index contributed by atoms with van der Waals surface area (Å²) in [6, 6.07) is 2.03. The molecule has 3 rings (SSSR count). The van der Waals surface area contributed by atoms with E-state index in [1.54, 1.807) is 11.6 Å². The summed E-state index contributed by atoms with van der Waals surface area (Å²) in [6.45, 7) is 2.88. The highest BCUT2D eigenvalue weighted by Gasteiger charge is 2.36. The van der Waals surface area contributed by atoms with Gasteiger partial charge in [-0.25, -0.2) is 4.98 Å². The largest absolute Gasteiger partial charge is 0.376 e. The molecule has 2 aromatic rings. The minimum Gasteiger partial charge on any atom is -0.376 e. The summed E-state index contributed by atoms with van der Waals surface area (Å²) in [6.07, 6.45) is 5.88. The van der Waals surface area contributed by atoms with Gasteiger partial charge in [-0.2, -0.15) is 14.6 Å². The molecular formula is C13H19N5O. The molecule has 0 spiro atoms. The first kappa shape index (κ1) is 12.3. The Morgan fingerprint density at radius 2 is 2.32 bits per heavy atom. The van der Waals surface area contributed by atoms with Gasteiger partial charge in [0.1, 0.15) is 12.1 Å².